The molecule has 0 aliphatic carbocycles. The zero-order chi connectivity index (χ0) is 8.32. The average Bonchev–Trinajstić information content (AvgIpc) is 2.37. The lowest BCUT2D eigenvalue weighted by atomic mass is 10.3. The molecule has 0 amide bonds. The van der Waals surface area contributed by atoms with Gasteiger partial charge in [-0.1, -0.05) is 0 Å². The maximum absolute atomic E-state index is 12.9. The van der Waals surface area contributed by atoms with Gasteiger partial charge < -0.3 is 5.11 Å². The van der Waals surface area contributed by atoms with Gasteiger partial charge in [-0.05, 0) is 12.8 Å². The fourth-order valence-corrected chi connectivity index (χ4v) is 1.34. The zero-order valence-electron chi connectivity index (χ0n) is 6.39. The highest BCUT2D eigenvalue weighted by atomic mass is 19.3. The van der Waals surface area contributed by atoms with Gasteiger partial charge in [-0.3, -0.25) is 0 Å². The van der Waals surface area contributed by atoms with E-state index in [4.69, 9.17) is 5.11 Å². The standard InChI is InChI=1S/C7H13F2NO/c8-7(9,3-6-11)10-4-1-2-5-10/h11H,1-6H2. The van der Waals surface area contributed by atoms with Crippen molar-refractivity contribution in [3.63, 3.8) is 0 Å². The van der Waals surface area contributed by atoms with Gasteiger partial charge in [0, 0.05) is 19.5 Å². The molecule has 11 heavy (non-hydrogen) atoms. The number of likely N-dealkylation sites (tertiary alicyclic amines) is 1. The van der Waals surface area contributed by atoms with Gasteiger partial charge in [0.2, 0.25) is 0 Å². The number of alkyl halides is 2. The summed E-state index contributed by atoms with van der Waals surface area (Å²) in [6.45, 7) is 0.490. The van der Waals surface area contributed by atoms with Crippen molar-refractivity contribution in [3.8, 4) is 0 Å². The predicted molar refractivity (Wildman–Crippen MR) is 37.5 cm³/mol. The number of aliphatic hydroxyl groups is 1. The van der Waals surface area contributed by atoms with E-state index in [1.54, 1.807) is 0 Å². The van der Waals surface area contributed by atoms with Gasteiger partial charge in [-0.2, -0.15) is 8.78 Å². The second-order valence-electron chi connectivity index (χ2n) is 2.83. The summed E-state index contributed by atoms with van der Waals surface area (Å²) in [6, 6.07) is -2.79. The molecular formula is C7H13F2NO. The molecule has 1 aliphatic rings. The molecule has 1 N–H and O–H groups in total. The molecule has 1 rings (SSSR count). The van der Waals surface area contributed by atoms with Crippen LogP contribution in [-0.2, 0) is 0 Å². The Balaban J connectivity index is 2.41. The third kappa shape index (κ3) is 2.10. The molecule has 0 aromatic heterocycles. The SMILES string of the molecule is OCCC(F)(F)N1CCCC1. The van der Waals surface area contributed by atoms with E-state index in [-0.39, 0.29) is 0 Å². The Morgan fingerprint density at radius 2 is 1.82 bits per heavy atom. The first-order valence-electron chi connectivity index (χ1n) is 3.90. The Kier molecular flexibility index (Phi) is 2.78. The number of halogens is 2. The van der Waals surface area contributed by atoms with Crippen molar-refractivity contribution in [2.75, 3.05) is 19.7 Å². The largest absolute Gasteiger partial charge is 0.396 e. The van der Waals surface area contributed by atoms with E-state index in [1.165, 1.54) is 0 Å². The Labute approximate surface area is 64.8 Å². The summed E-state index contributed by atoms with van der Waals surface area (Å²) in [5, 5.41) is 8.36. The predicted octanol–water partition coefficient (Wildman–Crippen LogP) is 1.06. The van der Waals surface area contributed by atoms with Crippen LogP contribution in [0.15, 0.2) is 0 Å². The lowest BCUT2D eigenvalue weighted by Gasteiger charge is -2.25. The maximum atomic E-state index is 12.9. The van der Waals surface area contributed by atoms with Crippen molar-refractivity contribution in [2.45, 2.75) is 25.3 Å². The van der Waals surface area contributed by atoms with Crippen LogP contribution in [0.25, 0.3) is 0 Å². The van der Waals surface area contributed by atoms with E-state index in [1.807, 2.05) is 0 Å². The third-order valence-electron chi connectivity index (χ3n) is 1.98. The normalized spacial score (nSPS) is 21.0. The molecule has 0 bridgehead atoms. The summed E-state index contributed by atoms with van der Waals surface area (Å²) in [5.74, 6) is 0. The molecule has 1 aliphatic heterocycles. The molecule has 0 aromatic rings. The lowest BCUT2D eigenvalue weighted by molar-refractivity contribution is -0.147. The van der Waals surface area contributed by atoms with E-state index in [9.17, 15) is 8.78 Å². The monoisotopic (exact) mass is 165 g/mol. The third-order valence-corrected chi connectivity index (χ3v) is 1.98. The van der Waals surface area contributed by atoms with Gasteiger partial charge in [0.05, 0.1) is 6.61 Å². The summed E-state index contributed by atoms with van der Waals surface area (Å²) in [4.78, 5) is 1.14. The van der Waals surface area contributed by atoms with Crippen molar-refractivity contribution in [2.24, 2.45) is 0 Å². The number of nitrogens with zero attached hydrogens (tertiary/aromatic N) is 1. The Morgan fingerprint density at radius 3 is 2.27 bits per heavy atom. The van der Waals surface area contributed by atoms with Gasteiger partial charge in [-0.15, -0.1) is 0 Å². The minimum atomic E-state index is -2.79. The summed E-state index contributed by atoms with van der Waals surface area (Å²) in [7, 11) is 0. The summed E-state index contributed by atoms with van der Waals surface area (Å²) >= 11 is 0. The fraction of sp³-hybridized carbons (Fsp3) is 1.00. The molecular weight excluding hydrogens is 152 g/mol. The number of hydrogen-bond acceptors (Lipinski definition) is 2. The van der Waals surface area contributed by atoms with Crippen LogP contribution in [-0.4, -0.2) is 35.7 Å². The quantitative estimate of drug-likeness (QED) is 0.632. The van der Waals surface area contributed by atoms with Gasteiger partial charge in [-0.25, -0.2) is 4.90 Å². The van der Waals surface area contributed by atoms with Crippen LogP contribution in [0, 0.1) is 0 Å². The van der Waals surface area contributed by atoms with Crippen molar-refractivity contribution >= 4 is 0 Å². The molecule has 0 radical (unpaired) electrons. The molecule has 2 nitrogen and oxygen atoms in total. The van der Waals surface area contributed by atoms with Crippen LogP contribution < -0.4 is 0 Å². The van der Waals surface area contributed by atoms with Crippen LogP contribution in [0.1, 0.15) is 19.3 Å². The lowest BCUT2D eigenvalue weighted by Crippen LogP contribution is -2.39. The Morgan fingerprint density at radius 1 is 1.27 bits per heavy atom. The van der Waals surface area contributed by atoms with Crippen molar-refractivity contribution in [3.05, 3.63) is 0 Å². The van der Waals surface area contributed by atoms with E-state index in [0.717, 1.165) is 17.7 Å². The molecule has 0 aromatic carbocycles. The number of hydrogen-bond donors (Lipinski definition) is 1. The van der Waals surface area contributed by atoms with Gasteiger partial charge in [0.15, 0.2) is 0 Å². The molecule has 4 heteroatoms. The van der Waals surface area contributed by atoms with Crippen molar-refractivity contribution in [1.29, 1.82) is 0 Å². The maximum Gasteiger partial charge on any atom is 0.307 e. The van der Waals surface area contributed by atoms with Gasteiger partial charge >= 0.3 is 6.05 Å². The van der Waals surface area contributed by atoms with E-state index < -0.39 is 19.1 Å². The van der Waals surface area contributed by atoms with Crippen molar-refractivity contribution in [1.82, 2.24) is 4.90 Å². The average molecular weight is 165 g/mol. The fourth-order valence-electron chi connectivity index (χ4n) is 1.34. The van der Waals surface area contributed by atoms with E-state index >= 15 is 0 Å². The van der Waals surface area contributed by atoms with E-state index in [2.05, 4.69) is 0 Å². The van der Waals surface area contributed by atoms with Crippen LogP contribution in [0.3, 0.4) is 0 Å². The first kappa shape index (κ1) is 8.87. The molecule has 1 heterocycles. The highest BCUT2D eigenvalue weighted by Crippen LogP contribution is 2.27. The number of aliphatic hydroxyl groups excluding tert-OH is 1. The second-order valence-corrected chi connectivity index (χ2v) is 2.83. The summed E-state index contributed by atoms with van der Waals surface area (Å²) in [5.41, 5.74) is 0. The Bertz CT molecular complexity index is 124. The van der Waals surface area contributed by atoms with Crippen molar-refractivity contribution < 1.29 is 13.9 Å². The van der Waals surface area contributed by atoms with Gasteiger partial charge in [0.25, 0.3) is 0 Å². The highest BCUT2D eigenvalue weighted by molar-refractivity contribution is 4.74. The minimum absolute atomic E-state index is 0.438. The molecule has 0 spiro atoms. The number of rotatable bonds is 3. The molecule has 0 unspecified atom stereocenters. The molecule has 1 saturated heterocycles. The Hall–Kier alpha value is -0.220. The van der Waals surface area contributed by atoms with Crippen LogP contribution in [0.5, 0.6) is 0 Å². The van der Waals surface area contributed by atoms with Crippen LogP contribution in [0.4, 0.5) is 8.78 Å². The minimum Gasteiger partial charge on any atom is -0.396 e. The first-order valence-corrected chi connectivity index (χ1v) is 3.90. The smallest absolute Gasteiger partial charge is 0.307 e. The molecule has 66 valence electrons. The van der Waals surface area contributed by atoms with Crippen LogP contribution >= 0.6 is 0 Å². The highest BCUT2D eigenvalue weighted by Gasteiger charge is 2.37. The summed E-state index contributed by atoms with van der Waals surface area (Å²) in [6.07, 6.45) is 1.26. The molecule has 0 atom stereocenters. The zero-order valence-corrected chi connectivity index (χ0v) is 6.39. The van der Waals surface area contributed by atoms with Crippen LogP contribution in [0.2, 0.25) is 0 Å². The topological polar surface area (TPSA) is 23.5 Å². The van der Waals surface area contributed by atoms with Gasteiger partial charge in [0.1, 0.15) is 0 Å². The van der Waals surface area contributed by atoms with E-state index in [0.29, 0.717) is 13.1 Å². The molecule has 1 fully saturated rings. The first-order chi connectivity index (χ1) is 5.17. The second kappa shape index (κ2) is 3.45. The summed E-state index contributed by atoms with van der Waals surface area (Å²) < 4.78 is 25.8. The molecule has 0 saturated carbocycles.